The first-order valence-corrected chi connectivity index (χ1v) is 6.64. The third kappa shape index (κ3) is 3.12. The molecule has 0 aliphatic carbocycles. The quantitative estimate of drug-likeness (QED) is 0.822. The Morgan fingerprint density at radius 1 is 1.06 bits per heavy atom. The molecular formula is C15H14N2S. The SMILES string of the molecule is CC(C)c1ccc(Sc2ccc(C#N)nc2)cc1. The van der Waals surface area contributed by atoms with Crippen molar-refractivity contribution in [2.75, 3.05) is 0 Å². The zero-order chi connectivity index (χ0) is 13.0. The van der Waals surface area contributed by atoms with Crippen molar-refractivity contribution in [2.24, 2.45) is 0 Å². The molecule has 0 unspecified atom stereocenters. The van der Waals surface area contributed by atoms with Crippen LogP contribution in [0, 0.1) is 11.3 Å². The van der Waals surface area contributed by atoms with Crippen molar-refractivity contribution in [3.05, 3.63) is 53.9 Å². The predicted molar refractivity (Wildman–Crippen MR) is 73.6 cm³/mol. The van der Waals surface area contributed by atoms with Crippen molar-refractivity contribution in [2.45, 2.75) is 29.6 Å². The smallest absolute Gasteiger partial charge is 0.140 e. The Hall–Kier alpha value is -1.79. The minimum absolute atomic E-state index is 0.453. The molecule has 0 saturated carbocycles. The molecule has 0 N–H and O–H groups in total. The maximum atomic E-state index is 8.68. The molecule has 0 amide bonds. The summed E-state index contributed by atoms with van der Waals surface area (Å²) in [6, 6.07) is 14.2. The van der Waals surface area contributed by atoms with Gasteiger partial charge < -0.3 is 0 Å². The highest BCUT2D eigenvalue weighted by Gasteiger charge is 2.01. The van der Waals surface area contributed by atoms with Gasteiger partial charge in [-0.2, -0.15) is 5.26 Å². The average Bonchev–Trinajstić information content (AvgIpc) is 2.40. The maximum Gasteiger partial charge on any atom is 0.140 e. The second kappa shape index (κ2) is 5.70. The van der Waals surface area contributed by atoms with Crippen LogP contribution < -0.4 is 0 Å². The van der Waals surface area contributed by atoms with Crippen molar-refractivity contribution in [1.82, 2.24) is 4.98 Å². The molecule has 18 heavy (non-hydrogen) atoms. The molecule has 90 valence electrons. The highest BCUT2D eigenvalue weighted by atomic mass is 32.2. The van der Waals surface area contributed by atoms with Gasteiger partial charge in [0.25, 0.3) is 0 Å². The van der Waals surface area contributed by atoms with Gasteiger partial charge in [0.1, 0.15) is 11.8 Å². The van der Waals surface area contributed by atoms with Crippen LogP contribution in [0.1, 0.15) is 31.0 Å². The number of pyridine rings is 1. The van der Waals surface area contributed by atoms with Gasteiger partial charge in [-0.3, -0.25) is 0 Å². The topological polar surface area (TPSA) is 36.7 Å². The van der Waals surface area contributed by atoms with Crippen LogP contribution in [0.4, 0.5) is 0 Å². The van der Waals surface area contributed by atoms with Crippen molar-refractivity contribution in [1.29, 1.82) is 5.26 Å². The molecule has 1 aromatic heterocycles. The molecule has 0 bridgehead atoms. The lowest BCUT2D eigenvalue weighted by molar-refractivity contribution is 0.865. The summed E-state index contributed by atoms with van der Waals surface area (Å²) in [5.74, 6) is 0.556. The minimum Gasteiger partial charge on any atom is -0.244 e. The molecule has 0 fully saturated rings. The van der Waals surface area contributed by atoms with E-state index in [0.29, 0.717) is 11.6 Å². The van der Waals surface area contributed by atoms with E-state index in [4.69, 9.17) is 5.26 Å². The van der Waals surface area contributed by atoms with E-state index in [1.165, 1.54) is 10.5 Å². The van der Waals surface area contributed by atoms with Gasteiger partial charge in [-0.1, -0.05) is 37.7 Å². The molecule has 3 heteroatoms. The molecule has 2 aromatic rings. The van der Waals surface area contributed by atoms with Crippen LogP contribution in [-0.2, 0) is 0 Å². The number of aromatic nitrogens is 1. The molecule has 0 radical (unpaired) electrons. The van der Waals surface area contributed by atoms with E-state index >= 15 is 0 Å². The summed E-state index contributed by atoms with van der Waals surface area (Å²) in [7, 11) is 0. The third-order valence-corrected chi connectivity index (χ3v) is 3.62. The zero-order valence-corrected chi connectivity index (χ0v) is 11.2. The number of nitriles is 1. The summed E-state index contributed by atoms with van der Waals surface area (Å²) < 4.78 is 0. The number of hydrogen-bond donors (Lipinski definition) is 0. The first-order valence-electron chi connectivity index (χ1n) is 5.83. The molecule has 0 saturated heterocycles. The lowest BCUT2D eigenvalue weighted by atomic mass is 10.0. The van der Waals surface area contributed by atoms with Gasteiger partial charge >= 0.3 is 0 Å². The summed E-state index contributed by atoms with van der Waals surface area (Å²) in [6.07, 6.45) is 1.74. The van der Waals surface area contributed by atoms with Gasteiger partial charge in [0.15, 0.2) is 0 Å². The van der Waals surface area contributed by atoms with Crippen LogP contribution in [0.5, 0.6) is 0 Å². The van der Waals surface area contributed by atoms with Crippen molar-refractivity contribution >= 4 is 11.8 Å². The van der Waals surface area contributed by atoms with Gasteiger partial charge in [-0.05, 0) is 35.7 Å². The predicted octanol–water partition coefficient (Wildman–Crippen LogP) is 4.23. The minimum atomic E-state index is 0.453. The third-order valence-electron chi connectivity index (χ3n) is 2.63. The number of benzene rings is 1. The Bertz CT molecular complexity index is 551. The standard InChI is InChI=1S/C15H14N2S/c1-11(2)12-3-6-14(7-4-12)18-15-8-5-13(9-16)17-10-15/h3-8,10-11H,1-2H3. The normalized spacial score (nSPS) is 10.3. The zero-order valence-electron chi connectivity index (χ0n) is 10.4. The van der Waals surface area contributed by atoms with Crippen LogP contribution in [-0.4, -0.2) is 4.98 Å². The van der Waals surface area contributed by atoms with Crippen molar-refractivity contribution < 1.29 is 0 Å². The van der Waals surface area contributed by atoms with Gasteiger partial charge in [-0.25, -0.2) is 4.98 Å². The largest absolute Gasteiger partial charge is 0.244 e. The second-order valence-corrected chi connectivity index (χ2v) is 5.46. The monoisotopic (exact) mass is 254 g/mol. The van der Waals surface area contributed by atoms with E-state index in [9.17, 15) is 0 Å². The van der Waals surface area contributed by atoms with Crippen LogP contribution in [0.25, 0.3) is 0 Å². The Morgan fingerprint density at radius 2 is 1.72 bits per heavy atom. The van der Waals surface area contributed by atoms with Crippen molar-refractivity contribution in [3.8, 4) is 6.07 Å². The molecule has 0 aliphatic heterocycles. The highest BCUT2D eigenvalue weighted by molar-refractivity contribution is 7.99. The van der Waals surface area contributed by atoms with Gasteiger partial charge in [0.05, 0.1) is 0 Å². The molecular weight excluding hydrogens is 240 g/mol. The Morgan fingerprint density at radius 3 is 2.22 bits per heavy atom. The average molecular weight is 254 g/mol. The maximum absolute atomic E-state index is 8.68. The van der Waals surface area contributed by atoms with E-state index in [-0.39, 0.29) is 0 Å². The first kappa shape index (κ1) is 12.7. The lowest BCUT2D eigenvalue weighted by Crippen LogP contribution is -1.86. The van der Waals surface area contributed by atoms with Gasteiger partial charge in [0.2, 0.25) is 0 Å². The molecule has 2 rings (SSSR count). The first-order chi connectivity index (χ1) is 8.69. The summed E-state index contributed by atoms with van der Waals surface area (Å²) in [4.78, 5) is 6.29. The van der Waals surface area contributed by atoms with E-state index in [0.717, 1.165) is 4.90 Å². The molecule has 0 spiro atoms. The van der Waals surface area contributed by atoms with Crippen LogP contribution in [0.3, 0.4) is 0 Å². The Labute approximate surface area is 112 Å². The molecule has 0 aliphatic rings. The number of hydrogen-bond acceptors (Lipinski definition) is 3. The summed E-state index contributed by atoms with van der Waals surface area (Å²) in [6.45, 7) is 4.37. The number of nitrogens with zero attached hydrogens (tertiary/aromatic N) is 2. The van der Waals surface area contributed by atoms with E-state index in [1.54, 1.807) is 24.0 Å². The van der Waals surface area contributed by atoms with Crippen molar-refractivity contribution in [3.63, 3.8) is 0 Å². The van der Waals surface area contributed by atoms with Crippen LogP contribution in [0.2, 0.25) is 0 Å². The molecule has 1 heterocycles. The fourth-order valence-electron chi connectivity index (χ4n) is 1.56. The molecule has 2 nitrogen and oxygen atoms in total. The highest BCUT2D eigenvalue weighted by Crippen LogP contribution is 2.28. The van der Waals surface area contributed by atoms with Crippen LogP contribution >= 0.6 is 11.8 Å². The van der Waals surface area contributed by atoms with Crippen LogP contribution in [0.15, 0.2) is 52.4 Å². The number of rotatable bonds is 3. The molecule has 1 aromatic carbocycles. The van der Waals surface area contributed by atoms with E-state index in [2.05, 4.69) is 43.1 Å². The fraction of sp³-hybridized carbons (Fsp3) is 0.200. The fourth-order valence-corrected chi connectivity index (χ4v) is 2.35. The van der Waals surface area contributed by atoms with Gasteiger partial charge in [0, 0.05) is 16.0 Å². The Balaban J connectivity index is 2.11. The summed E-state index contributed by atoms with van der Waals surface area (Å²) >= 11 is 1.66. The summed E-state index contributed by atoms with van der Waals surface area (Å²) in [5, 5.41) is 8.68. The van der Waals surface area contributed by atoms with E-state index < -0.39 is 0 Å². The Kier molecular flexibility index (Phi) is 4.01. The summed E-state index contributed by atoms with van der Waals surface area (Å²) in [5.41, 5.74) is 1.80. The van der Waals surface area contributed by atoms with Gasteiger partial charge in [-0.15, -0.1) is 0 Å². The van der Waals surface area contributed by atoms with E-state index in [1.807, 2.05) is 12.1 Å². The molecule has 0 atom stereocenters. The second-order valence-electron chi connectivity index (χ2n) is 4.32. The lowest BCUT2D eigenvalue weighted by Gasteiger charge is -2.06.